The van der Waals surface area contributed by atoms with E-state index >= 15 is 0 Å². The molecule has 28 heavy (non-hydrogen) atoms. The van der Waals surface area contributed by atoms with E-state index in [0.717, 1.165) is 24.3 Å². The average Bonchev–Trinajstić information content (AvgIpc) is 2.69. The highest BCUT2D eigenvalue weighted by molar-refractivity contribution is 5.81. The summed E-state index contributed by atoms with van der Waals surface area (Å²) in [4.78, 5) is 12.5. The summed E-state index contributed by atoms with van der Waals surface area (Å²) >= 11 is 0. The fourth-order valence-corrected chi connectivity index (χ4v) is 3.53. The van der Waals surface area contributed by atoms with Crippen molar-refractivity contribution in [1.82, 2.24) is 5.32 Å². The molecule has 0 fully saturated rings. The van der Waals surface area contributed by atoms with Crippen LogP contribution in [0.3, 0.4) is 0 Å². The Morgan fingerprint density at radius 1 is 1.07 bits per heavy atom. The molecule has 0 spiro atoms. The van der Waals surface area contributed by atoms with Gasteiger partial charge < -0.3 is 14.8 Å². The fraction of sp³-hybridized carbons (Fsp3) is 0.458. The van der Waals surface area contributed by atoms with Gasteiger partial charge in [-0.2, -0.15) is 0 Å². The van der Waals surface area contributed by atoms with Crippen LogP contribution in [-0.2, 0) is 17.6 Å². The number of aryl methyl sites for hydroxylation is 3. The van der Waals surface area contributed by atoms with Gasteiger partial charge in [0.2, 0.25) is 0 Å². The SMILES string of the molecule is Cc1ccc(OCC(C)NC(=O)C(C)Oc2cccc3c2CCCC3)cc1C. The minimum absolute atomic E-state index is 0.107. The van der Waals surface area contributed by atoms with Crippen LogP contribution in [0.25, 0.3) is 0 Å². The van der Waals surface area contributed by atoms with Crippen molar-refractivity contribution in [2.75, 3.05) is 6.61 Å². The van der Waals surface area contributed by atoms with Crippen LogP contribution in [0.2, 0.25) is 0 Å². The maximum atomic E-state index is 12.5. The van der Waals surface area contributed by atoms with Gasteiger partial charge in [0.1, 0.15) is 18.1 Å². The normalized spacial score (nSPS) is 15.3. The number of rotatable bonds is 7. The molecule has 3 rings (SSSR count). The van der Waals surface area contributed by atoms with Crippen LogP contribution in [0.1, 0.15) is 48.9 Å². The highest BCUT2D eigenvalue weighted by atomic mass is 16.5. The molecule has 0 aromatic heterocycles. The van der Waals surface area contributed by atoms with Gasteiger partial charge in [0.25, 0.3) is 5.91 Å². The van der Waals surface area contributed by atoms with Crippen LogP contribution in [0, 0.1) is 13.8 Å². The highest BCUT2D eigenvalue weighted by Crippen LogP contribution is 2.30. The first-order valence-electron chi connectivity index (χ1n) is 10.2. The van der Waals surface area contributed by atoms with Crippen molar-refractivity contribution in [1.29, 1.82) is 0 Å². The van der Waals surface area contributed by atoms with Crippen LogP contribution < -0.4 is 14.8 Å². The lowest BCUT2D eigenvalue weighted by atomic mass is 9.91. The molecule has 1 N–H and O–H groups in total. The Kier molecular flexibility index (Phi) is 6.61. The first kappa shape index (κ1) is 20.2. The third-order valence-corrected chi connectivity index (χ3v) is 5.39. The third-order valence-electron chi connectivity index (χ3n) is 5.39. The molecule has 0 aliphatic heterocycles. The number of benzene rings is 2. The summed E-state index contributed by atoms with van der Waals surface area (Å²) in [6.45, 7) is 8.30. The standard InChI is InChI=1S/C24H31NO3/c1-16-12-13-21(14-17(16)2)27-15-18(3)25-24(26)19(4)28-23-11-7-9-20-8-5-6-10-22(20)23/h7,9,11-14,18-19H,5-6,8,10,15H2,1-4H3,(H,25,26). The van der Waals surface area contributed by atoms with Crippen LogP contribution in [0.15, 0.2) is 36.4 Å². The predicted molar refractivity (Wildman–Crippen MR) is 112 cm³/mol. The molecular formula is C24H31NO3. The van der Waals surface area contributed by atoms with E-state index < -0.39 is 6.10 Å². The summed E-state index contributed by atoms with van der Waals surface area (Å²) < 4.78 is 11.8. The van der Waals surface area contributed by atoms with Gasteiger partial charge in [-0.3, -0.25) is 4.79 Å². The van der Waals surface area contributed by atoms with E-state index in [0.29, 0.717) is 6.61 Å². The number of amides is 1. The molecule has 2 unspecified atom stereocenters. The molecule has 150 valence electrons. The molecule has 2 aromatic rings. The first-order valence-corrected chi connectivity index (χ1v) is 10.2. The maximum absolute atomic E-state index is 12.5. The molecule has 0 saturated carbocycles. The molecule has 0 radical (unpaired) electrons. The van der Waals surface area contributed by atoms with Gasteiger partial charge in [-0.25, -0.2) is 0 Å². The van der Waals surface area contributed by atoms with E-state index in [1.807, 2.05) is 37.3 Å². The number of nitrogens with one attached hydrogen (secondary N) is 1. The monoisotopic (exact) mass is 381 g/mol. The van der Waals surface area contributed by atoms with Gasteiger partial charge in [-0.15, -0.1) is 0 Å². The summed E-state index contributed by atoms with van der Waals surface area (Å²) in [5, 5.41) is 2.99. The molecule has 0 heterocycles. The minimum atomic E-state index is -0.544. The van der Waals surface area contributed by atoms with E-state index in [2.05, 4.69) is 25.2 Å². The number of fused-ring (bicyclic) bond motifs is 1. The Morgan fingerprint density at radius 2 is 1.86 bits per heavy atom. The quantitative estimate of drug-likeness (QED) is 0.766. The molecule has 1 aliphatic rings. The van der Waals surface area contributed by atoms with Gasteiger partial charge in [0.05, 0.1) is 6.04 Å². The Bertz CT molecular complexity index is 831. The molecular weight excluding hydrogens is 350 g/mol. The van der Waals surface area contributed by atoms with Crippen LogP contribution >= 0.6 is 0 Å². The van der Waals surface area contributed by atoms with Crippen LogP contribution in [-0.4, -0.2) is 24.7 Å². The smallest absolute Gasteiger partial charge is 0.261 e. The molecule has 4 heteroatoms. The molecule has 4 nitrogen and oxygen atoms in total. The summed E-state index contributed by atoms with van der Waals surface area (Å²) in [7, 11) is 0. The molecule has 2 atom stereocenters. The summed E-state index contributed by atoms with van der Waals surface area (Å²) in [5.74, 6) is 1.55. The lowest BCUT2D eigenvalue weighted by Crippen LogP contribution is -2.43. The van der Waals surface area contributed by atoms with Crippen molar-refractivity contribution in [2.24, 2.45) is 0 Å². The zero-order chi connectivity index (χ0) is 20.1. The van der Waals surface area contributed by atoms with Crippen molar-refractivity contribution >= 4 is 5.91 Å². The van der Waals surface area contributed by atoms with Crippen molar-refractivity contribution in [3.8, 4) is 11.5 Å². The zero-order valence-corrected chi connectivity index (χ0v) is 17.4. The van der Waals surface area contributed by atoms with Gasteiger partial charge in [0.15, 0.2) is 6.10 Å². The molecule has 1 amide bonds. The lowest BCUT2D eigenvalue weighted by Gasteiger charge is -2.23. The van der Waals surface area contributed by atoms with E-state index in [9.17, 15) is 4.79 Å². The molecule has 2 aromatic carbocycles. The Labute approximate surface area is 168 Å². The van der Waals surface area contributed by atoms with Crippen LogP contribution in [0.4, 0.5) is 0 Å². The molecule has 0 saturated heterocycles. The minimum Gasteiger partial charge on any atom is -0.491 e. The molecule has 1 aliphatic carbocycles. The first-order chi connectivity index (χ1) is 13.4. The van der Waals surface area contributed by atoms with Crippen molar-refractivity contribution in [3.05, 3.63) is 58.7 Å². The van der Waals surface area contributed by atoms with E-state index in [4.69, 9.17) is 9.47 Å². The number of hydrogen-bond acceptors (Lipinski definition) is 3. The maximum Gasteiger partial charge on any atom is 0.261 e. The zero-order valence-electron chi connectivity index (χ0n) is 17.4. The summed E-state index contributed by atoms with van der Waals surface area (Å²) in [6.07, 6.45) is 3.99. The predicted octanol–water partition coefficient (Wildman–Crippen LogP) is 4.53. The highest BCUT2D eigenvalue weighted by Gasteiger charge is 2.20. The van der Waals surface area contributed by atoms with Crippen LogP contribution in [0.5, 0.6) is 11.5 Å². The van der Waals surface area contributed by atoms with Crippen molar-refractivity contribution in [2.45, 2.75) is 65.5 Å². The second-order valence-electron chi connectivity index (χ2n) is 7.83. The lowest BCUT2D eigenvalue weighted by molar-refractivity contribution is -0.128. The van der Waals surface area contributed by atoms with Gasteiger partial charge in [-0.1, -0.05) is 18.2 Å². The van der Waals surface area contributed by atoms with Gasteiger partial charge >= 0.3 is 0 Å². The molecule has 0 bridgehead atoms. The largest absolute Gasteiger partial charge is 0.491 e. The average molecular weight is 382 g/mol. The van der Waals surface area contributed by atoms with Crippen molar-refractivity contribution < 1.29 is 14.3 Å². The van der Waals surface area contributed by atoms with Gasteiger partial charge in [-0.05, 0) is 93.8 Å². The van der Waals surface area contributed by atoms with E-state index in [-0.39, 0.29) is 11.9 Å². The number of ether oxygens (including phenoxy) is 2. The summed E-state index contributed by atoms with van der Waals surface area (Å²) in [6, 6.07) is 12.1. The van der Waals surface area contributed by atoms with E-state index in [1.54, 1.807) is 6.92 Å². The topological polar surface area (TPSA) is 47.6 Å². The fourth-order valence-electron chi connectivity index (χ4n) is 3.53. The second-order valence-corrected chi connectivity index (χ2v) is 7.83. The van der Waals surface area contributed by atoms with E-state index in [1.165, 1.54) is 35.1 Å². The number of carbonyl (C=O) groups excluding carboxylic acids is 1. The Balaban J connectivity index is 1.51. The third kappa shape index (κ3) is 5.06. The Morgan fingerprint density at radius 3 is 2.64 bits per heavy atom. The second kappa shape index (κ2) is 9.13. The van der Waals surface area contributed by atoms with Gasteiger partial charge in [0, 0.05) is 0 Å². The Hall–Kier alpha value is -2.49. The summed E-state index contributed by atoms with van der Waals surface area (Å²) in [5.41, 5.74) is 5.05. The van der Waals surface area contributed by atoms with Crippen molar-refractivity contribution in [3.63, 3.8) is 0 Å². The number of hydrogen-bond donors (Lipinski definition) is 1. The number of carbonyl (C=O) groups is 1.